The highest BCUT2D eigenvalue weighted by molar-refractivity contribution is 4.76. The second kappa shape index (κ2) is 7.21. The molecule has 0 aromatic heterocycles. The molecule has 1 heterocycles. The van der Waals surface area contributed by atoms with Crippen LogP contribution in [0.4, 0.5) is 0 Å². The minimum absolute atomic E-state index is 0.670. The fourth-order valence-corrected chi connectivity index (χ4v) is 1.59. The first-order valence-corrected chi connectivity index (χ1v) is 5.81. The lowest BCUT2D eigenvalue weighted by molar-refractivity contribution is 0.123. The Morgan fingerprint density at radius 3 is 2.93 bits per heavy atom. The topological polar surface area (TPSA) is 33.3 Å². The van der Waals surface area contributed by atoms with Crippen LogP contribution in [0.15, 0.2) is 0 Å². The van der Waals surface area contributed by atoms with Crippen molar-refractivity contribution in [2.24, 2.45) is 5.92 Å². The predicted octanol–water partition coefficient (Wildman–Crippen LogP) is 1.00. The summed E-state index contributed by atoms with van der Waals surface area (Å²) in [5.74, 6) is 0.752. The summed E-state index contributed by atoms with van der Waals surface area (Å²) in [7, 11) is 0. The molecule has 84 valence electrons. The first-order valence-electron chi connectivity index (χ1n) is 5.81. The molecule has 2 N–H and O–H groups in total. The van der Waals surface area contributed by atoms with E-state index < -0.39 is 0 Å². The van der Waals surface area contributed by atoms with E-state index in [0.29, 0.717) is 6.04 Å². The van der Waals surface area contributed by atoms with Crippen LogP contribution in [0.5, 0.6) is 0 Å². The van der Waals surface area contributed by atoms with Gasteiger partial charge in [0.25, 0.3) is 0 Å². The van der Waals surface area contributed by atoms with Crippen LogP contribution in [0.3, 0.4) is 0 Å². The lowest BCUT2D eigenvalue weighted by Crippen LogP contribution is -2.33. The molecule has 1 rings (SSSR count). The van der Waals surface area contributed by atoms with E-state index in [4.69, 9.17) is 4.74 Å². The van der Waals surface area contributed by atoms with Crippen molar-refractivity contribution in [2.75, 3.05) is 32.8 Å². The van der Waals surface area contributed by atoms with Crippen molar-refractivity contribution in [1.82, 2.24) is 10.6 Å². The van der Waals surface area contributed by atoms with Gasteiger partial charge < -0.3 is 15.4 Å². The standard InChI is InChI=1S/C11H24N2O/c1-10(2)4-7-14-8-6-13-11-3-5-12-9-11/h10-13H,3-9H2,1-2H3. The summed E-state index contributed by atoms with van der Waals surface area (Å²) in [6.45, 7) is 9.48. The average Bonchev–Trinajstić information content (AvgIpc) is 2.63. The number of ether oxygens (including phenoxy) is 1. The zero-order valence-corrected chi connectivity index (χ0v) is 9.51. The molecule has 1 saturated heterocycles. The van der Waals surface area contributed by atoms with Crippen LogP contribution >= 0.6 is 0 Å². The van der Waals surface area contributed by atoms with Crippen LogP contribution in [0.25, 0.3) is 0 Å². The van der Waals surface area contributed by atoms with Gasteiger partial charge in [-0.1, -0.05) is 13.8 Å². The van der Waals surface area contributed by atoms with Gasteiger partial charge in [0.15, 0.2) is 0 Å². The van der Waals surface area contributed by atoms with E-state index in [-0.39, 0.29) is 0 Å². The highest BCUT2D eigenvalue weighted by Gasteiger charge is 2.12. The van der Waals surface area contributed by atoms with Gasteiger partial charge in [-0.2, -0.15) is 0 Å². The molecule has 0 aromatic carbocycles. The number of hydrogen-bond acceptors (Lipinski definition) is 3. The molecule has 0 aromatic rings. The molecule has 0 bridgehead atoms. The summed E-state index contributed by atoms with van der Waals surface area (Å²) < 4.78 is 5.52. The van der Waals surface area contributed by atoms with E-state index in [2.05, 4.69) is 24.5 Å². The van der Waals surface area contributed by atoms with Crippen LogP contribution in [0.2, 0.25) is 0 Å². The van der Waals surface area contributed by atoms with Gasteiger partial charge in [-0.15, -0.1) is 0 Å². The quantitative estimate of drug-likeness (QED) is 0.602. The minimum atomic E-state index is 0.670. The molecule has 0 aliphatic carbocycles. The van der Waals surface area contributed by atoms with Crippen molar-refractivity contribution in [3.05, 3.63) is 0 Å². The third-order valence-corrected chi connectivity index (χ3v) is 2.58. The first-order chi connectivity index (χ1) is 6.79. The molecule has 1 atom stereocenters. The van der Waals surface area contributed by atoms with Gasteiger partial charge in [0, 0.05) is 25.7 Å². The fraction of sp³-hybridized carbons (Fsp3) is 1.00. The molecule has 1 aliphatic rings. The van der Waals surface area contributed by atoms with Gasteiger partial charge >= 0.3 is 0 Å². The van der Waals surface area contributed by atoms with E-state index in [9.17, 15) is 0 Å². The van der Waals surface area contributed by atoms with Crippen molar-refractivity contribution < 1.29 is 4.74 Å². The van der Waals surface area contributed by atoms with E-state index in [0.717, 1.165) is 38.8 Å². The van der Waals surface area contributed by atoms with Crippen molar-refractivity contribution in [2.45, 2.75) is 32.7 Å². The molecule has 3 heteroatoms. The lowest BCUT2D eigenvalue weighted by Gasteiger charge is -2.11. The molecule has 3 nitrogen and oxygen atoms in total. The summed E-state index contributed by atoms with van der Waals surface area (Å²) in [6, 6.07) is 0.670. The van der Waals surface area contributed by atoms with E-state index in [1.165, 1.54) is 12.8 Å². The second-order valence-electron chi connectivity index (χ2n) is 4.44. The Hall–Kier alpha value is -0.120. The summed E-state index contributed by atoms with van der Waals surface area (Å²) in [5, 5.41) is 6.82. The molecule has 0 saturated carbocycles. The summed E-state index contributed by atoms with van der Waals surface area (Å²) in [5.41, 5.74) is 0. The Morgan fingerprint density at radius 1 is 1.43 bits per heavy atom. The van der Waals surface area contributed by atoms with Gasteiger partial charge in [-0.25, -0.2) is 0 Å². The Balaban J connectivity index is 1.79. The van der Waals surface area contributed by atoms with Crippen molar-refractivity contribution >= 4 is 0 Å². The number of hydrogen-bond donors (Lipinski definition) is 2. The Morgan fingerprint density at radius 2 is 2.29 bits per heavy atom. The maximum Gasteiger partial charge on any atom is 0.0591 e. The maximum absolute atomic E-state index is 5.52. The lowest BCUT2D eigenvalue weighted by atomic mass is 10.1. The third-order valence-electron chi connectivity index (χ3n) is 2.58. The Bertz CT molecular complexity index is 133. The molecule has 0 radical (unpaired) electrons. The van der Waals surface area contributed by atoms with Crippen LogP contribution < -0.4 is 10.6 Å². The third kappa shape index (κ3) is 5.58. The second-order valence-corrected chi connectivity index (χ2v) is 4.44. The van der Waals surface area contributed by atoms with Crippen LogP contribution in [-0.4, -0.2) is 38.9 Å². The molecule has 1 unspecified atom stereocenters. The Labute approximate surface area is 87.6 Å². The summed E-state index contributed by atoms with van der Waals surface area (Å²) in [6.07, 6.45) is 2.43. The van der Waals surface area contributed by atoms with Crippen molar-refractivity contribution in [3.8, 4) is 0 Å². The van der Waals surface area contributed by atoms with Gasteiger partial charge in [0.2, 0.25) is 0 Å². The molecule has 1 aliphatic heterocycles. The zero-order valence-electron chi connectivity index (χ0n) is 9.51. The van der Waals surface area contributed by atoms with Crippen LogP contribution in [0, 0.1) is 5.92 Å². The van der Waals surface area contributed by atoms with Crippen molar-refractivity contribution in [3.63, 3.8) is 0 Å². The summed E-state index contributed by atoms with van der Waals surface area (Å²) >= 11 is 0. The number of rotatable bonds is 7. The van der Waals surface area contributed by atoms with Crippen LogP contribution in [-0.2, 0) is 4.74 Å². The highest BCUT2D eigenvalue weighted by Crippen LogP contribution is 1.99. The largest absolute Gasteiger partial charge is 0.380 e. The van der Waals surface area contributed by atoms with Crippen molar-refractivity contribution in [1.29, 1.82) is 0 Å². The van der Waals surface area contributed by atoms with E-state index in [1.54, 1.807) is 0 Å². The minimum Gasteiger partial charge on any atom is -0.380 e. The zero-order chi connectivity index (χ0) is 10.2. The normalized spacial score (nSPS) is 22.1. The van der Waals surface area contributed by atoms with E-state index >= 15 is 0 Å². The first kappa shape index (κ1) is 12.0. The maximum atomic E-state index is 5.52. The number of nitrogens with one attached hydrogen (secondary N) is 2. The van der Waals surface area contributed by atoms with E-state index in [1.807, 2.05) is 0 Å². The SMILES string of the molecule is CC(C)CCOCCNC1CCNC1. The molecule has 1 fully saturated rings. The Kier molecular flexibility index (Phi) is 6.15. The van der Waals surface area contributed by atoms with Gasteiger partial charge in [-0.05, 0) is 25.3 Å². The highest BCUT2D eigenvalue weighted by atomic mass is 16.5. The van der Waals surface area contributed by atoms with Gasteiger partial charge in [0.05, 0.1) is 6.61 Å². The average molecular weight is 200 g/mol. The summed E-state index contributed by atoms with van der Waals surface area (Å²) in [4.78, 5) is 0. The molecule has 0 spiro atoms. The van der Waals surface area contributed by atoms with Gasteiger partial charge in [-0.3, -0.25) is 0 Å². The van der Waals surface area contributed by atoms with Gasteiger partial charge in [0.1, 0.15) is 0 Å². The van der Waals surface area contributed by atoms with Crippen LogP contribution in [0.1, 0.15) is 26.7 Å². The fourth-order valence-electron chi connectivity index (χ4n) is 1.59. The molecular weight excluding hydrogens is 176 g/mol. The molecule has 14 heavy (non-hydrogen) atoms. The predicted molar refractivity (Wildman–Crippen MR) is 59.6 cm³/mol. The smallest absolute Gasteiger partial charge is 0.0591 e. The molecule has 0 amide bonds. The molecular formula is C11H24N2O. The monoisotopic (exact) mass is 200 g/mol.